The van der Waals surface area contributed by atoms with Crippen molar-refractivity contribution in [2.45, 2.75) is 72.8 Å². The van der Waals surface area contributed by atoms with Crippen molar-refractivity contribution < 1.29 is 19.1 Å². The highest BCUT2D eigenvalue weighted by Crippen LogP contribution is 2.55. The molecule has 3 aromatic rings. The minimum Gasteiger partial charge on any atom is -0.483 e. The maximum absolute atomic E-state index is 14.2. The molecule has 0 saturated carbocycles. The molecule has 2 aliphatic carbocycles. The Hall–Kier alpha value is -4.45. The highest BCUT2D eigenvalue weighted by Gasteiger charge is 2.49. The molecule has 45 heavy (non-hydrogen) atoms. The Balaban J connectivity index is 1.45. The molecule has 0 unspecified atom stereocenters. The maximum Gasteiger partial charge on any atom is 0.262 e. The Morgan fingerprint density at radius 3 is 1.96 bits per heavy atom. The fourth-order valence-electron chi connectivity index (χ4n) is 7.21. The summed E-state index contributed by atoms with van der Waals surface area (Å²) in [4.78, 5) is 43.7. The van der Waals surface area contributed by atoms with Crippen molar-refractivity contribution in [3.63, 3.8) is 0 Å². The molecule has 0 fully saturated rings. The molecule has 3 aromatic carbocycles. The lowest BCUT2D eigenvalue weighted by molar-refractivity contribution is -0.120. The van der Waals surface area contributed by atoms with Crippen molar-refractivity contribution in [1.29, 1.82) is 0 Å². The summed E-state index contributed by atoms with van der Waals surface area (Å²) >= 11 is 0. The molecule has 0 bridgehead atoms. The first-order chi connectivity index (χ1) is 21.4. The van der Waals surface area contributed by atoms with Crippen LogP contribution in [-0.2, 0) is 20.9 Å². The maximum atomic E-state index is 14.2. The molecule has 1 aliphatic heterocycles. The van der Waals surface area contributed by atoms with Gasteiger partial charge in [-0.15, -0.1) is 0 Å². The van der Waals surface area contributed by atoms with Crippen LogP contribution in [0.25, 0.3) is 0 Å². The Morgan fingerprint density at radius 2 is 1.33 bits per heavy atom. The van der Waals surface area contributed by atoms with E-state index < -0.39 is 5.92 Å². The number of anilines is 1. The van der Waals surface area contributed by atoms with Crippen LogP contribution < -0.4 is 10.1 Å². The van der Waals surface area contributed by atoms with Gasteiger partial charge in [0, 0.05) is 59.1 Å². The molecule has 6 rings (SSSR count). The van der Waals surface area contributed by atoms with Gasteiger partial charge in [-0.3, -0.25) is 14.4 Å². The Bertz CT molecular complexity index is 1680. The van der Waals surface area contributed by atoms with Gasteiger partial charge in [-0.25, -0.2) is 0 Å². The zero-order valence-corrected chi connectivity index (χ0v) is 26.9. The van der Waals surface area contributed by atoms with E-state index in [4.69, 9.17) is 4.74 Å². The molecule has 3 aliphatic rings. The molecule has 0 atom stereocenters. The number of amides is 1. The molecular formula is C39H42N2O4. The number of para-hydroxylation sites is 2. The number of Topliss-reactive ketones (excluding diaryl/α,β-unsaturated/α-hetero) is 2. The van der Waals surface area contributed by atoms with Gasteiger partial charge in [-0.1, -0.05) is 94.4 Å². The Labute approximate surface area is 266 Å². The van der Waals surface area contributed by atoms with Crippen LogP contribution in [0.3, 0.4) is 0 Å². The van der Waals surface area contributed by atoms with Crippen molar-refractivity contribution in [2.24, 2.45) is 10.8 Å². The fourth-order valence-corrected chi connectivity index (χ4v) is 7.21. The minimum atomic E-state index is -0.551. The highest BCUT2D eigenvalue weighted by atomic mass is 16.5. The normalized spacial score (nSPS) is 19.3. The van der Waals surface area contributed by atoms with Crippen molar-refractivity contribution in [2.75, 3.05) is 11.9 Å². The van der Waals surface area contributed by atoms with Gasteiger partial charge in [0.25, 0.3) is 5.91 Å². The molecule has 0 spiro atoms. The van der Waals surface area contributed by atoms with Crippen LogP contribution in [0.4, 0.5) is 5.69 Å². The summed E-state index contributed by atoms with van der Waals surface area (Å²) < 4.78 is 6.21. The number of allylic oxidation sites excluding steroid dienone is 4. The number of rotatable bonds is 7. The Kier molecular flexibility index (Phi) is 8.02. The van der Waals surface area contributed by atoms with Crippen LogP contribution in [0.15, 0.2) is 101 Å². The number of carbonyl (C=O) groups excluding carboxylic acids is 3. The van der Waals surface area contributed by atoms with Gasteiger partial charge in [0.2, 0.25) is 0 Å². The van der Waals surface area contributed by atoms with Crippen molar-refractivity contribution in [3.05, 3.63) is 118 Å². The second-order valence-corrected chi connectivity index (χ2v) is 14.3. The summed E-state index contributed by atoms with van der Waals surface area (Å²) in [5, 5.41) is 2.93. The van der Waals surface area contributed by atoms with E-state index in [1.54, 1.807) is 0 Å². The average molecular weight is 603 g/mol. The number of hydrogen-bond acceptors (Lipinski definition) is 5. The van der Waals surface area contributed by atoms with E-state index in [0.29, 0.717) is 36.3 Å². The molecule has 6 nitrogen and oxygen atoms in total. The molecule has 1 amide bonds. The largest absolute Gasteiger partial charge is 0.483 e. The second-order valence-electron chi connectivity index (χ2n) is 14.3. The van der Waals surface area contributed by atoms with E-state index in [2.05, 4.69) is 50.0 Å². The Morgan fingerprint density at radius 1 is 0.778 bits per heavy atom. The summed E-state index contributed by atoms with van der Waals surface area (Å²) in [5.74, 6) is -0.179. The number of hydrogen-bond donors (Lipinski definition) is 1. The molecule has 232 valence electrons. The van der Waals surface area contributed by atoms with Crippen molar-refractivity contribution in [3.8, 4) is 5.75 Å². The summed E-state index contributed by atoms with van der Waals surface area (Å²) in [6.07, 6.45) is 2.27. The molecule has 0 saturated heterocycles. The van der Waals surface area contributed by atoms with E-state index in [-0.39, 0.29) is 34.9 Å². The monoisotopic (exact) mass is 602 g/mol. The topological polar surface area (TPSA) is 75.7 Å². The van der Waals surface area contributed by atoms with Crippen LogP contribution in [0.2, 0.25) is 0 Å². The van der Waals surface area contributed by atoms with Crippen molar-refractivity contribution >= 4 is 23.2 Å². The highest BCUT2D eigenvalue weighted by molar-refractivity contribution is 6.07. The zero-order chi connectivity index (χ0) is 31.9. The summed E-state index contributed by atoms with van der Waals surface area (Å²) in [6.45, 7) is 10.9. The third kappa shape index (κ3) is 6.24. The average Bonchev–Trinajstić information content (AvgIpc) is 2.97. The molecule has 6 heteroatoms. The summed E-state index contributed by atoms with van der Waals surface area (Å²) in [7, 11) is 0. The standard InChI is InChI=1S/C39H42N2O4/c1-25-13-9-11-17-28(25)40-34(44)24-45-33-18-12-10-16-27(33)35-36-29(19-38(2,3)21-31(36)42)41(23-26-14-7-6-8-15-26)30-20-39(4,5)22-32(43)37(30)35/h6-18,35H,19-24H2,1-5H3,(H,40,44). The molecule has 0 aromatic heterocycles. The summed E-state index contributed by atoms with van der Waals surface area (Å²) in [5.41, 5.74) is 6.53. The lowest BCUT2D eigenvalue weighted by Gasteiger charge is -2.49. The van der Waals surface area contributed by atoms with Crippen LogP contribution in [-0.4, -0.2) is 29.0 Å². The number of benzene rings is 3. The van der Waals surface area contributed by atoms with E-state index in [1.165, 1.54) is 0 Å². The molecule has 1 N–H and O–H groups in total. The first kappa shape index (κ1) is 30.6. The van der Waals surface area contributed by atoms with Gasteiger partial charge in [-0.05, 0) is 53.9 Å². The summed E-state index contributed by atoms with van der Waals surface area (Å²) in [6, 6.07) is 25.4. The minimum absolute atomic E-state index is 0.0700. The smallest absolute Gasteiger partial charge is 0.262 e. The number of ether oxygens (including phenoxy) is 1. The SMILES string of the molecule is Cc1ccccc1NC(=O)COc1ccccc1C1C2=C(CC(C)(C)CC2=O)N(Cc2ccccc2)C2=C1C(=O)CC(C)(C)C2. The van der Waals surface area contributed by atoms with Gasteiger partial charge in [0.1, 0.15) is 5.75 Å². The van der Waals surface area contributed by atoms with Gasteiger partial charge < -0.3 is 15.0 Å². The second kappa shape index (κ2) is 11.8. The van der Waals surface area contributed by atoms with Gasteiger partial charge in [-0.2, -0.15) is 0 Å². The van der Waals surface area contributed by atoms with Gasteiger partial charge >= 0.3 is 0 Å². The van der Waals surface area contributed by atoms with E-state index >= 15 is 0 Å². The molecule has 1 heterocycles. The van der Waals surface area contributed by atoms with Gasteiger partial charge in [0.15, 0.2) is 18.2 Å². The molecule has 0 radical (unpaired) electrons. The number of nitrogens with one attached hydrogen (secondary N) is 1. The molecular weight excluding hydrogens is 560 g/mol. The van der Waals surface area contributed by atoms with Crippen LogP contribution in [0, 0.1) is 17.8 Å². The number of aryl methyl sites for hydroxylation is 1. The predicted molar refractivity (Wildman–Crippen MR) is 177 cm³/mol. The van der Waals surface area contributed by atoms with Crippen molar-refractivity contribution in [1.82, 2.24) is 4.90 Å². The first-order valence-electron chi connectivity index (χ1n) is 15.8. The third-order valence-electron chi connectivity index (χ3n) is 9.21. The first-order valence-corrected chi connectivity index (χ1v) is 15.8. The number of carbonyl (C=O) groups is 3. The van der Waals surface area contributed by atoms with E-state index in [9.17, 15) is 14.4 Å². The number of nitrogens with zero attached hydrogens (tertiary/aromatic N) is 1. The third-order valence-corrected chi connectivity index (χ3v) is 9.21. The van der Waals surface area contributed by atoms with Crippen LogP contribution in [0.5, 0.6) is 5.75 Å². The predicted octanol–water partition coefficient (Wildman–Crippen LogP) is 7.90. The van der Waals surface area contributed by atoms with Gasteiger partial charge in [0.05, 0.1) is 0 Å². The fraction of sp³-hybridized carbons (Fsp3) is 0.359. The lowest BCUT2D eigenvalue weighted by Crippen LogP contribution is -2.44. The zero-order valence-electron chi connectivity index (χ0n) is 26.9. The lowest BCUT2D eigenvalue weighted by atomic mass is 9.63. The van der Waals surface area contributed by atoms with Crippen LogP contribution >= 0.6 is 0 Å². The quantitative estimate of drug-likeness (QED) is 0.298. The van der Waals surface area contributed by atoms with E-state index in [1.807, 2.05) is 73.7 Å². The number of ketones is 2. The van der Waals surface area contributed by atoms with E-state index in [0.717, 1.165) is 46.6 Å². The van der Waals surface area contributed by atoms with Crippen LogP contribution in [0.1, 0.15) is 76.0 Å².